The van der Waals surface area contributed by atoms with Crippen LogP contribution in [0.4, 0.5) is 14.4 Å². The molecule has 0 aromatic heterocycles. The van der Waals surface area contributed by atoms with Crippen LogP contribution in [0.25, 0.3) is 0 Å². The van der Waals surface area contributed by atoms with Gasteiger partial charge in [-0.2, -0.15) is 8.42 Å². The molecular formula is C17H20FN3O5S. The lowest BCUT2D eigenvalue weighted by Crippen LogP contribution is -2.54. The van der Waals surface area contributed by atoms with Crippen molar-refractivity contribution >= 4 is 33.8 Å². The molecule has 2 fully saturated rings. The number of carbonyl (C=O) groups excluding carboxylic acids is 3. The molecule has 1 aliphatic carbocycles. The van der Waals surface area contributed by atoms with Crippen molar-refractivity contribution in [2.75, 3.05) is 11.9 Å². The van der Waals surface area contributed by atoms with Gasteiger partial charge in [-0.25, -0.2) is 4.79 Å². The van der Waals surface area contributed by atoms with E-state index in [-0.39, 0.29) is 11.6 Å². The first-order valence-corrected chi connectivity index (χ1v) is 10.0. The molecule has 3 rings (SSSR count). The van der Waals surface area contributed by atoms with E-state index in [4.69, 9.17) is 0 Å². The monoisotopic (exact) mass is 397 g/mol. The third kappa shape index (κ3) is 3.66. The van der Waals surface area contributed by atoms with E-state index in [0.717, 1.165) is 36.3 Å². The van der Waals surface area contributed by atoms with E-state index < -0.39 is 45.0 Å². The molecule has 2 N–H and O–H groups in total. The van der Waals surface area contributed by atoms with E-state index >= 15 is 0 Å². The molecule has 1 spiro atoms. The lowest BCUT2D eigenvalue weighted by Gasteiger charge is -2.36. The smallest absolute Gasteiger partial charge is 0.324 e. The fourth-order valence-corrected chi connectivity index (χ4v) is 4.22. The minimum atomic E-state index is -4.91. The van der Waals surface area contributed by atoms with Gasteiger partial charge in [0.15, 0.2) is 0 Å². The molecule has 1 saturated carbocycles. The van der Waals surface area contributed by atoms with Crippen molar-refractivity contribution in [1.82, 2.24) is 10.2 Å². The topological polar surface area (TPSA) is 113 Å². The standard InChI is InChI=1S/C17H20FN3O5S/c1-11-5-2-3-8-17(11)15(23)21(16(24)20-17)10-14(22)19-12-6-4-7-13(9-12)27(18,25)26/h4,6-7,9,11H,2-3,5,8,10H2,1H3,(H,19,22)(H,20,24). The highest BCUT2D eigenvalue weighted by Crippen LogP contribution is 2.38. The second-order valence-electron chi connectivity index (χ2n) is 6.95. The van der Waals surface area contributed by atoms with Crippen molar-refractivity contribution in [2.45, 2.75) is 43.0 Å². The van der Waals surface area contributed by atoms with Crippen molar-refractivity contribution in [3.05, 3.63) is 24.3 Å². The van der Waals surface area contributed by atoms with Crippen molar-refractivity contribution < 1.29 is 26.7 Å². The lowest BCUT2D eigenvalue weighted by molar-refractivity contribution is -0.136. The molecule has 8 nitrogen and oxygen atoms in total. The predicted molar refractivity (Wildman–Crippen MR) is 94.0 cm³/mol. The van der Waals surface area contributed by atoms with Crippen LogP contribution in [0.5, 0.6) is 0 Å². The van der Waals surface area contributed by atoms with Crippen molar-refractivity contribution in [3.8, 4) is 0 Å². The van der Waals surface area contributed by atoms with Crippen LogP contribution < -0.4 is 10.6 Å². The number of hydrogen-bond acceptors (Lipinski definition) is 5. The molecule has 2 atom stereocenters. The van der Waals surface area contributed by atoms with Gasteiger partial charge in [0.1, 0.15) is 17.0 Å². The number of benzene rings is 1. The third-order valence-corrected chi connectivity index (χ3v) is 6.02. The number of nitrogens with one attached hydrogen (secondary N) is 2. The Hall–Kier alpha value is -2.49. The Kier molecular flexibility index (Phi) is 4.94. The van der Waals surface area contributed by atoms with Gasteiger partial charge in [0, 0.05) is 5.69 Å². The predicted octanol–water partition coefficient (Wildman–Crippen LogP) is 1.78. The molecule has 1 aromatic rings. The number of imide groups is 1. The number of nitrogens with zero attached hydrogens (tertiary/aromatic N) is 1. The molecule has 4 amide bonds. The highest BCUT2D eigenvalue weighted by molar-refractivity contribution is 7.86. The summed E-state index contributed by atoms with van der Waals surface area (Å²) in [7, 11) is -4.91. The zero-order chi connectivity index (χ0) is 19.8. The Labute approximate surface area is 156 Å². The quantitative estimate of drug-likeness (QED) is 0.594. The van der Waals surface area contributed by atoms with Gasteiger partial charge in [0.2, 0.25) is 5.91 Å². The first-order valence-electron chi connectivity index (χ1n) is 8.62. The van der Waals surface area contributed by atoms with E-state index in [1.165, 1.54) is 12.1 Å². The van der Waals surface area contributed by atoms with Crippen LogP contribution in [0.3, 0.4) is 0 Å². The summed E-state index contributed by atoms with van der Waals surface area (Å²) >= 11 is 0. The number of carbonyl (C=O) groups is 3. The Morgan fingerprint density at radius 3 is 2.78 bits per heavy atom. The van der Waals surface area contributed by atoms with Crippen molar-refractivity contribution in [2.24, 2.45) is 5.92 Å². The van der Waals surface area contributed by atoms with Gasteiger partial charge in [-0.05, 0) is 37.0 Å². The highest BCUT2D eigenvalue weighted by Gasteiger charge is 2.55. The van der Waals surface area contributed by atoms with Crippen molar-refractivity contribution in [3.63, 3.8) is 0 Å². The summed E-state index contributed by atoms with van der Waals surface area (Å²) < 4.78 is 35.0. The van der Waals surface area contributed by atoms with E-state index in [1.54, 1.807) is 0 Å². The molecule has 0 bridgehead atoms. The average molecular weight is 397 g/mol. The van der Waals surface area contributed by atoms with E-state index in [2.05, 4.69) is 10.6 Å². The minimum absolute atomic E-state index is 0.0257. The number of urea groups is 1. The number of halogens is 1. The molecular weight excluding hydrogens is 377 g/mol. The average Bonchev–Trinajstić information content (AvgIpc) is 2.82. The molecule has 27 heavy (non-hydrogen) atoms. The number of amides is 4. The summed E-state index contributed by atoms with van der Waals surface area (Å²) in [4.78, 5) is 37.6. The van der Waals surface area contributed by atoms with Crippen LogP contribution >= 0.6 is 0 Å². The van der Waals surface area contributed by atoms with Gasteiger partial charge >= 0.3 is 16.3 Å². The molecule has 2 unspecified atom stereocenters. The zero-order valence-corrected chi connectivity index (χ0v) is 15.5. The maximum atomic E-state index is 13.1. The fraction of sp³-hybridized carbons (Fsp3) is 0.471. The first kappa shape index (κ1) is 19.3. The van der Waals surface area contributed by atoms with Crippen LogP contribution in [0.1, 0.15) is 32.6 Å². The Bertz CT molecular complexity index is 904. The first-order chi connectivity index (χ1) is 12.6. The maximum absolute atomic E-state index is 13.1. The lowest BCUT2D eigenvalue weighted by atomic mass is 9.73. The van der Waals surface area contributed by atoms with E-state index in [0.29, 0.717) is 6.42 Å². The largest absolute Gasteiger partial charge is 0.332 e. The Morgan fingerprint density at radius 1 is 1.37 bits per heavy atom. The third-order valence-electron chi connectivity index (χ3n) is 5.20. The van der Waals surface area contributed by atoms with Gasteiger partial charge < -0.3 is 10.6 Å². The van der Waals surface area contributed by atoms with Crippen LogP contribution in [0.15, 0.2) is 29.2 Å². The second kappa shape index (κ2) is 6.91. The highest BCUT2D eigenvalue weighted by atomic mass is 32.3. The number of rotatable bonds is 4. The molecule has 10 heteroatoms. The van der Waals surface area contributed by atoms with Crippen LogP contribution in [0.2, 0.25) is 0 Å². The fourth-order valence-electron chi connectivity index (χ4n) is 3.71. The van der Waals surface area contributed by atoms with Gasteiger partial charge in [-0.1, -0.05) is 25.8 Å². The van der Waals surface area contributed by atoms with E-state index in [1.807, 2.05) is 6.92 Å². The Balaban J connectivity index is 1.71. The molecule has 146 valence electrons. The maximum Gasteiger partial charge on any atom is 0.332 e. The summed E-state index contributed by atoms with van der Waals surface area (Å²) in [6.07, 6.45) is 3.16. The molecule has 1 saturated heterocycles. The molecule has 2 aliphatic rings. The summed E-state index contributed by atoms with van der Waals surface area (Å²) in [5.41, 5.74) is -0.913. The molecule has 1 aliphatic heterocycles. The number of anilines is 1. The van der Waals surface area contributed by atoms with Crippen LogP contribution in [-0.4, -0.2) is 43.2 Å². The van der Waals surface area contributed by atoms with Gasteiger partial charge in [0.25, 0.3) is 5.91 Å². The summed E-state index contributed by atoms with van der Waals surface area (Å²) in [5.74, 6) is -1.13. The van der Waals surface area contributed by atoms with Gasteiger partial charge in [-0.3, -0.25) is 14.5 Å². The summed E-state index contributed by atoms with van der Waals surface area (Å²) in [6.45, 7) is 1.40. The second-order valence-corrected chi connectivity index (χ2v) is 8.30. The normalized spacial score (nSPS) is 25.6. The van der Waals surface area contributed by atoms with Crippen molar-refractivity contribution in [1.29, 1.82) is 0 Å². The number of hydrogen-bond donors (Lipinski definition) is 2. The van der Waals surface area contributed by atoms with Crippen LogP contribution in [0, 0.1) is 5.92 Å². The Morgan fingerprint density at radius 2 is 2.11 bits per heavy atom. The SMILES string of the molecule is CC1CCCCC12NC(=O)N(CC(=O)Nc1cccc(S(=O)(=O)F)c1)C2=O. The van der Waals surface area contributed by atoms with Crippen LogP contribution in [-0.2, 0) is 19.8 Å². The molecule has 0 radical (unpaired) electrons. The van der Waals surface area contributed by atoms with Gasteiger partial charge in [0.05, 0.1) is 0 Å². The minimum Gasteiger partial charge on any atom is -0.324 e. The zero-order valence-electron chi connectivity index (χ0n) is 14.7. The summed E-state index contributed by atoms with van der Waals surface area (Å²) in [5, 5.41) is 5.13. The molecule has 1 aromatic carbocycles. The van der Waals surface area contributed by atoms with Gasteiger partial charge in [-0.15, -0.1) is 3.89 Å². The molecule has 1 heterocycles. The van der Waals surface area contributed by atoms with E-state index in [9.17, 15) is 26.7 Å². The summed E-state index contributed by atoms with van der Waals surface area (Å²) in [6, 6.07) is 4.04.